The van der Waals surface area contributed by atoms with Crippen LogP contribution in [0.2, 0.25) is 0 Å². The van der Waals surface area contributed by atoms with E-state index in [0.29, 0.717) is 12.1 Å². The molecule has 0 amide bonds. The average molecular weight is 285 g/mol. The van der Waals surface area contributed by atoms with Crippen LogP contribution in [0.25, 0.3) is 10.8 Å². The normalized spacial score (nSPS) is 18.9. The van der Waals surface area contributed by atoms with Gasteiger partial charge in [-0.2, -0.15) is 0 Å². The number of nitrogens with zero attached hydrogens (tertiary/aromatic N) is 2. The third kappa shape index (κ3) is 2.39. The van der Waals surface area contributed by atoms with Gasteiger partial charge in [0, 0.05) is 28.7 Å². The minimum Gasteiger partial charge on any atom is -0.480 e. The van der Waals surface area contributed by atoms with Crippen molar-refractivity contribution in [1.82, 2.24) is 4.98 Å². The minimum atomic E-state index is -0.782. The average Bonchev–Trinajstić information content (AvgIpc) is 2.47. The molecule has 1 aliphatic heterocycles. The van der Waals surface area contributed by atoms with Gasteiger partial charge in [0.15, 0.2) is 0 Å². The number of anilines is 2. The van der Waals surface area contributed by atoms with E-state index in [4.69, 9.17) is 5.73 Å². The number of rotatable bonds is 2. The molecule has 0 saturated carbocycles. The van der Waals surface area contributed by atoms with E-state index in [2.05, 4.69) is 4.98 Å². The van der Waals surface area contributed by atoms with Crippen molar-refractivity contribution in [3.63, 3.8) is 0 Å². The van der Waals surface area contributed by atoms with E-state index in [0.717, 1.165) is 41.7 Å². The van der Waals surface area contributed by atoms with Crippen molar-refractivity contribution < 1.29 is 9.90 Å². The number of nitrogens with two attached hydrogens (primary N) is 1. The van der Waals surface area contributed by atoms with Crippen LogP contribution in [-0.2, 0) is 4.79 Å². The first kappa shape index (κ1) is 13.7. The Hall–Kier alpha value is -2.30. The summed E-state index contributed by atoms with van der Waals surface area (Å²) in [7, 11) is 0. The second kappa shape index (κ2) is 5.24. The van der Waals surface area contributed by atoms with Gasteiger partial charge in [0.05, 0.1) is 0 Å². The van der Waals surface area contributed by atoms with Gasteiger partial charge in [-0.05, 0) is 38.3 Å². The number of aryl methyl sites for hydroxylation is 1. The highest BCUT2D eigenvalue weighted by molar-refractivity contribution is 6.00. The van der Waals surface area contributed by atoms with Gasteiger partial charge in [0.25, 0.3) is 0 Å². The molecule has 2 aromatic rings. The number of benzene rings is 1. The summed E-state index contributed by atoms with van der Waals surface area (Å²) < 4.78 is 0. The van der Waals surface area contributed by atoms with E-state index in [1.165, 1.54) is 0 Å². The largest absolute Gasteiger partial charge is 0.480 e. The fraction of sp³-hybridized carbons (Fsp3) is 0.375. The van der Waals surface area contributed by atoms with Crippen LogP contribution in [0.15, 0.2) is 24.3 Å². The highest BCUT2D eigenvalue weighted by Crippen LogP contribution is 2.33. The summed E-state index contributed by atoms with van der Waals surface area (Å²) in [6.07, 6.45) is 2.59. The molecule has 21 heavy (non-hydrogen) atoms. The SMILES string of the molecule is Cc1cc2c(N)cccc2c(N2CCCCC2C(=O)O)n1. The summed E-state index contributed by atoms with van der Waals surface area (Å²) in [4.78, 5) is 18.1. The summed E-state index contributed by atoms with van der Waals surface area (Å²) in [5.74, 6) is -0.0422. The second-order valence-electron chi connectivity index (χ2n) is 5.57. The number of hydrogen-bond acceptors (Lipinski definition) is 4. The number of carbonyl (C=O) groups is 1. The predicted molar refractivity (Wildman–Crippen MR) is 83.5 cm³/mol. The van der Waals surface area contributed by atoms with Crippen molar-refractivity contribution in [2.24, 2.45) is 0 Å². The zero-order valence-corrected chi connectivity index (χ0v) is 12.0. The van der Waals surface area contributed by atoms with E-state index in [9.17, 15) is 9.90 Å². The van der Waals surface area contributed by atoms with Crippen molar-refractivity contribution in [2.75, 3.05) is 17.2 Å². The maximum absolute atomic E-state index is 11.5. The van der Waals surface area contributed by atoms with E-state index < -0.39 is 12.0 Å². The zero-order valence-electron chi connectivity index (χ0n) is 12.0. The molecule has 5 heteroatoms. The molecule has 0 bridgehead atoms. The molecular formula is C16H19N3O2. The quantitative estimate of drug-likeness (QED) is 0.829. The lowest BCUT2D eigenvalue weighted by molar-refractivity contribution is -0.139. The summed E-state index contributed by atoms with van der Waals surface area (Å²) in [5.41, 5.74) is 7.60. The minimum absolute atomic E-state index is 0.502. The van der Waals surface area contributed by atoms with E-state index in [-0.39, 0.29) is 0 Å². The van der Waals surface area contributed by atoms with Crippen LogP contribution in [0.1, 0.15) is 25.0 Å². The van der Waals surface area contributed by atoms with Crippen molar-refractivity contribution in [2.45, 2.75) is 32.2 Å². The number of fused-ring (bicyclic) bond motifs is 1. The molecule has 1 atom stereocenters. The first-order valence-corrected chi connectivity index (χ1v) is 7.23. The summed E-state index contributed by atoms with van der Waals surface area (Å²) >= 11 is 0. The van der Waals surface area contributed by atoms with Crippen LogP contribution in [0, 0.1) is 6.92 Å². The Labute approximate surface area is 123 Å². The summed E-state index contributed by atoms with van der Waals surface area (Å²) in [5, 5.41) is 11.3. The second-order valence-corrected chi connectivity index (χ2v) is 5.57. The molecule has 1 aliphatic rings. The molecule has 5 nitrogen and oxygen atoms in total. The van der Waals surface area contributed by atoms with Crippen LogP contribution < -0.4 is 10.6 Å². The van der Waals surface area contributed by atoms with Crippen LogP contribution in [0.5, 0.6) is 0 Å². The van der Waals surface area contributed by atoms with Gasteiger partial charge in [0.1, 0.15) is 11.9 Å². The van der Waals surface area contributed by atoms with Crippen molar-refractivity contribution in [1.29, 1.82) is 0 Å². The van der Waals surface area contributed by atoms with Gasteiger partial charge in [-0.3, -0.25) is 0 Å². The first-order valence-electron chi connectivity index (χ1n) is 7.23. The van der Waals surface area contributed by atoms with Gasteiger partial charge in [-0.15, -0.1) is 0 Å². The van der Waals surface area contributed by atoms with Gasteiger partial charge >= 0.3 is 5.97 Å². The monoisotopic (exact) mass is 285 g/mol. The molecular weight excluding hydrogens is 266 g/mol. The molecule has 1 aromatic heterocycles. The topological polar surface area (TPSA) is 79.5 Å². The maximum atomic E-state index is 11.5. The van der Waals surface area contributed by atoms with Gasteiger partial charge in [-0.1, -0.05) is 12.1 Å². The van der Waals surface area contributed by atoms with Crippen molar-refractivity contribution in [3.8, 4) is 0 Å². The Morgan fingerprint density at radius 2 is 2.19 bits per heavy atom. The first-order chi connectivity index (χ1) is 10.1. The van der Waals surface area contributed by atoms with Gasteiger partial charge < -0.3 is 15.7 Å². The number of pyridine rings is 1. The highest BCUT2D eigenvalue weighted by atomic mass is 16.4. The van der Waals surface area contributed by atoms with Crippen LogP contribution in [0.3, 0.4) is 0 Å². The van der Waals surface area contributed by atoms with Gasteiger partial charge in [0.2, 0.25) is 0 Å². The lowest BCUT2D eigenvalue weighted by atomic mass is 10.0. The molecule has 0 aliphatic carbocycles. The van der Waals surface area contributed by atoms with Crippen LogP contribution in [-0.4, -0.2) is 28.6 Å². The number of carboxylic acids is 1. The number of piperidine rings is 1. The Morgan fingerprint density at radius 1 is 1.38 bits per heavy atom. The zero-order chi connectivity index (χ0) is 15.0. The van der Waals surface area contributed by atoms with E-state index in [1.54, 1.807) is 0 Å². The molecule has 0 radical (unpaired) electrons. The van der Waals surface area contributed by atoms with Crippen molar-refractivity contribution >= 4 is 28.2 Å². The molecule has 3 rings (SSSR count). The van der Waals surface area contributed by atoms with Gasteiger partial charge in [-0.25, -0.2) is 9.78 Å². The fourth-order valence-corrected chi connectivity index (χ4v) is 3.07. The highest BCUT2D eigenvalue weighted by Gasteiger charge is 2.30. The molecule has 2 heterocycles. The van der Waals surface area contributed by atoms with Crippen molar-refractivity contribution in [3.05, 3.63) is 30.0 Å². The lowest BCUT2D eigenvalue weighted by Crippen LogP contribution is -2.45. The molecule has 110 valence electrons. The number of hydrogen-bond donors (Lipinski definition) is 2. The fourth-order valence-electron chi connectivity index (χ4n) is 3.07. The number of aromatic nitrogens is 1. The third-order valence-electron chi connectivity index (χ3n) is 4.08. The van der Waals surface area contributed by atoms with E-state index >= 15 is 0 Å². The molecule has 1 fully saturated rings. The molecule has 1 aromatic carbocycles. The predicted octanol–water partition coefficient (Wildman–Crippen LogP) is 2.57. The Morgan fingerprint density at radius 3 is 2.95 bits per heavy atom. The third-order valence-corrected chi connectivity index (χ3v) is 4.08. The summed E-state index contributed by atoms with van der Waals surface area (Å²) in [6.45, 7) is 2.63. The smallest absolute Gasteiger partial charge is 0.326 e. The molecule has 1 unspecified atom stereocenters. The standard InChI is InChI=1S/C16H19N3O2/c1-10-9-12-11(5-4-6-13(12)17)15(18-10)19-8-3-2-7-14(19)16(20)21/h4-6,9,14H,2-3,7-8,17H2,1H3,(H,20,21). The number of carboxylic acid groups (broad SMARTS) is 1. The Balaban J connectivity index is 2.19. The lowest BCUT2D eigenvalue weighted by Gasteiger charge is -2.34. The van der Waals surface area contributed by atoms with Crippen LogP contribution in [0.4, 0.5) is 11.5 Å². The maximum Gasteiger partial charge on any atom is 0.326 e. The van der Waals surface area contributed by atoms with Crippen LogP contribution >= 0.6 is 0 Å². The molecule has 1 saturated heterocycles. The Kier molecular flexibility index (Phi) is 3.41. The number of aliphatic carboxylic acids is 1. The van der Waals surface area contributed by atoms with E-state index in [1.807, 2.05) is 36.1 Å². The molecule has 3 N–H and O–H groups in total. The Bertz CT molecular complexity index is 699. The summed E-state index contributed by atoms with van der Waals surface area (Å²) in [6, 6.07) is 7.15. The number of nitrogen functional groups attached to an aromatic ring is 1. The molecule has 0 spiro atoms.